The van der Waals surface area contributed by atoms with Crippen LogP contribution < -0.4 is 10.1 Å². The number of benzene rings is 1. The largest absolute Gasteiger partial charge is 0.492 e. The van der Waals surface area contributed by atoms with E-state index in [4.69, 9.17) is 21.1 Å². The Morgan fingerprint density at radius 1 is 0.892 bits per heavy atom. The van der Waals surface area contributed by atoms with Crippen molar-refractivity contribution in [3.63, 3.8) is 0 Å². The monoisotopic (exact) mass is 938 g/mol. The van der Waals surface area contributed by atoms with E-state index in [0.717, 1.165) is 62.5 Å². The second-order valence-corrected chi connectivity index (χ2v) is 26.6. The molecule has 1 aromatic carbocycles. The first-order chi connectivity index (χ1) is 30.3. The van der Waals surface area contributed by atoms with Crippen LogP contribution in [0.15, 0.2) is 29.3 Å². The number of sulfone groups is 1. The maximum atomic E-state index is 14.3. The number of ketones is 1. The number of carboxylic acids is 1. The van der Waals surface area contributed by atoms with Gasteiger partial charge >= 0.3 is 11.9 Å². The molecule has 7 aliphatic rings. The van der Waals surface area contributed by atoms with E-state index in [0.29, 0.717) is 61.7 Å². The van der Waals surface area contributed by atoms with Crippen molar-refractivity contribution in [3.8, 4) is 5.75 Å². The Morgan fingerprint density at radius 2 is 1.60 bits per heavy atom. The third-order valence-corrected chi connectivity index (χ3v) is 21.6. The van der Waals surface area contributed by atoms with Crippen LogP contribution in [0.25, 0.3) is 0 Å². The van der Waals surface area contributed by atoms with Crippen LogP contribution >= 0.6 is 11.6 Å². The number of halogens is 1. The first-order valence-corrected chi connectivity index (χ1v) is 26.8. The highest BCUT2D eigenvalue weighted by atomic mass is 35.5. The number of amides is 1. The van der Waals surface area contributed by atoms with Crippen molar-refractivity contribution in [1.29, 1.82) is 0 Å². The molecule has 1 aliphatic heterocycles. The van der Waals surface area contributed by atoms with Gasteiger partial charge < -0.3 is 19.9 Å². The second-order valence-electron chi connectivity index (χ2n) is 23.8. The Hall–Kier alpha value is -2.96. The van der Waals surface area contributed by atoms with Crippen molar-refractivity contribution in [3.05, 3.63) is 39.9 Å². The van der Waals surface area contributed by atoms with Gasteiger partial charge in [-0.15, -0.1) is 0 Å². The van der Waals surface area contributed by atoms with Crippen molar-refractivity contribution in [2.24, 2.45) is 68.0 Å². The number of rotatable bonds is 12. The fourth-order valence-electron chi connectivity index (χ4n) is 15.7. The minimum Gasteiger partial charge on any atom is -0.492 e. The number of carbonyl (C=O) groups is 4. The van der Waals surface area contributed by atoms with Crippen LogP contribution in [-0.4, -0.2) is 85.9 Å². The van der Waals surface area contributed by atoms with Crippen LogP contribution in [0.5, 0.6) is 5.75 Å². The maximum Gasteiger partial charge on any atom is 0.309 e. The molecule has 0 radical (unpaired) electrons. The summed E-state index contributed by atoms with van der Waals surface area (Å²) >= 11 is 6.40. The van der Waals surface area contributed by atoms with E-state index in [1.54, 1.807) is 12.1 Å². The molecule has 0 unspecified atom stereocenters. The lowest BCUT2D eigenvalue weighted by Crippen LogP contribution is -2.66. The molecular formula is C52H75ClN2O9S. The van der Waals surface area contributed by atoms with Crippen molar-refractivity contribution in [1.82, 2.24) is 10.2 Å². The molecule has 1 aromatic rings. The summed E-state index contributed by atoms with van der Waals surface area (Å²) in [6.07, 6.45) is 8.41. The number of nitrogens with zero attached hydrogens (tertiary/aromatic N) is 1. The third kappa shape index (κ3) is 8.10. The summed E-state index contributed by atoms with van der Waals surface area (Å²) in [7, 11) is -2.97. The highest BCUT2D eigenvalue weighted by Crippen LogP contribution is 2.77. The van der Waals surface area contributed by atoms with Crippen molar-refractivity contribution < 1.29 is 42.2 Å². The van der Waals surface area contributed by atoms with Crippen molar-refractivity contribution in [2.45, 2.75) is 146 Å². The molecule has 11 nitrogen and oxygen atoms in total. The maximum absolute atomic E-state index is 14.3. The lowest BCUT2D eigenvalue weighted by atomic mass is 9.33. The Kier molecular flexibility index (Phi) is 12.6. The number of esters is 1. The molecule has 6 aliphatic carbocycles. The summed E-state index contributed by atoms with van der Waals surface area (Å²) in [6.45, 7) is 22.4. The normalized spacial score (nSPS) is 38.1. The van der Waals surface area contributed by atoms with Crippen LogP contribution in [0.2, 0.25) is 5.02 Å². The lowest BCUT2D eigenvalue weighted by Gasteiger charge is -2.72. The van der Waals surface area contributed by atoms with Gasteiger partial charge in [0, 0.05) is 60.4 Å². The molecule has 0 aromatic heterocycles. The molecule has 13 heteroatoms. The number of fused-ring (bicyclic) bond motifs is 7. The summed E-state index contributed by atoms with van der Waals surface area (Å²) in [5.74, 6) is 0.0870. The van der Waals surface area contributed by atoms with E-state index in [1.165, 1.54) is 5.57 Å². The van der Waals surface area contributed by atoms with Crippen LogP contribution in [-0.2, 0) is 40.3 Å². The topological polar surface area (TPSA) is 156 Å². The Morgan fingerprint density at radius 3 is 2.26 bits per heavy atom. The molecule has 1 heterocycles. The van der Waals surface area contributed by atoms with Crippen molar-refractivity contribution in [2.75, 3.05) is 37.7 Å². The van der Waals surface area contributed by atoms with E-state index in [2.05, 4.69) is 58.7 Å². The Labute approximate surface area is 392 Å². The summed E-state index contributed by atoms with van der Waals surface area (Å²) < 4.78 is 36.4. The van der Waals surface area contributed by atoms with E-state index in [-0.39, 0.29) is 81.7 Å². The first-order valence-electron chi connectivity index (χ1n) is 24.6. The number of allylic oxidation sites excluding steroid dienone is 2. The zero-order chi connectivity index (χ0) is 47.3. The van der Waals surface area contributed by atoms with Gasteiger partial charge in [0.1, 0.15) is 18.5 Å². The number of hydrogen-bond acceptors (Lipinski definition) is 9. The summed E-state index contributed by atoms with van der Waals surface area (Å²) in [5.41, 5.74) is 1.63. The van der Waals surface area contributed by atoms with Gasteiger partial charge in [0.05, 0.1) is 23.3 Å². The van der Waals surface area contributed by atoms with Gasteiger partial charge in [-0.2, -0.15) is 0 Å². The Balaban J connectivity index is 0.969. The standard InChI is InChI=1S/C52H75ClN2O9S/c1-31(2)43-37(56)28-52(29-42(57)54-30-32-10-11-33(53)26-38(32)63-23-20-55-21-24-65(61,62)25-22-55)19-18-50(8)34(44(43)52)12-13-40-49(7)16-15-41(48(5,6)39(49)14-17-51(40,50)9)64-46(60)36-27-35(45(58)59)47(36,3)4/h10-11,26,31,34-36,39-41H,12-25,27-30H2,1-9H3,(H,54,57)(H,58,59)/t34-,35+,36-,39+,40-,41+,49+,50-,51-,52+/m1/s1. The average Bonchev–Trinajstić information content (AvgIpc) is 3.50. The molecule has 1 amide bonds. The van der Waals surface area contributed by atoms with Gasteiger partial charge in [0.15, 0.2) is 15.6 Å². The lowest BCUT2D eigenvalue weighted by molar-refractivity contribution is -0.236. The predicted molar refractivity (Wildman–Crippen MR) is 251 cm³/mol. The number of hydrogen-bond donors (Lipinski definition) is 2. The molecule has 0 spiro atoms. The molecule has 65 heavy (non-hydrogen) atoms. The highest BCUT2D eigenvalue weighted by Gasteiger charge is 2.70. The van der Waals surface area contributed by atoms with Gasteiger partial charge in [-0.3, -0.25) is 24.1 Å². The van der Waals surface area contributed by atoms with Crippen molar-refractivity contribution >= 4 is 45.1 Å². The fraction of sp³-hybridized carbons (Fsp3) is 0.769. The number of nitrogens with one attached hydrogen (secondary N) is 1. The molecular weight excluding hydrogens is 864 g/mol. The van der Waals surface area contributed by atoms with E-state index >= 15 is 0 Å². The first kappa shape index (κ1) is 48.5. The molecule has 8 rings (SSSR count). The van der Waals surface area contributed by atoms with Gasteiger partial charge in [0.2, 0.25) is 5.91 Å². The molecule has 360 valence electrons. The second kappa shape index (κ2) is 16.9. The van der Waals surface area contributed by atoms with Gasteiger partial charge in [-0.25, -0.2) is 8.42 Å². The van der Waals surface area contributed by atoms with Crippen LogP contribution in [0.1, 0.15) is 139 Å². The zero-order valence-corrected chi connectivity index (χ0v) is 42.0. The van der Waals surface area contributed by atoms with E-state index in [1.807, 2.05) is 19.9 Å². The third-order valence-electron chi connectivity index (χ3n) is 19.7. The van der Waals surface area contributed by atoms with Gasteiger partial charge in [-0.05, 0) is 121 Å². The summed E-state index contributed by atoms with van der Waals surface area (Å²) in [4.78, 5) is 56.1. The molecule has 0 bridgehead atoms. The zero-order valence-electron chi connectivity index (χ0n) is 40.4. The average molecular weight is 940 g/mol. The number of carbonyl (C=O) groups excluding carboxylic acids is 3. The number of carboxylic acid groups (broad SMARTS) is 1. The number of Topliss-reactive ketones (excluding diaryl/α,β-unsaturated/α-hetero) is 1. The molecule has 1 saturated heterocycles. The van der Waals surface area contributed by atoms with Gasteiger partial charge in [0.25, 0.3) is 0 Å². The van der Waals surface area contributed by atoms with Gasteiger partial charge in [-0.1, -0.05) is 85.6 Å². The number of ether oxygens (including phenoxy) is 2. The van der Waals surface area contributed by atoms with Crippen LogP contribution in [0.4, 0.5) is 0 Å². The molecule has 2 N–H and O–H groups in total. The van der Waals surface area contributed by atoms with Crippen LogP contribution in [0.3, 0.4) is 0 Å². The molecule has 6 fully saturated rings. The highest BCUT2D eigenvalue weighted by molar-refractivity contribution is 7.91. The Bertz CT molecular complexity index is 2240. The molecule has 10 atom stereocenters. The smallest absolute Gasteiger partial charge is 0.309 e. The van der Waals surface area contributed by atoms with E-state index in [9.17, 15) is 32.7 Å². The van der Waals surface area contributed by atoms with Crippen LogP contribution in [0, 0.1) is 68.0 Å². The number of aliphatic carboxylic acids is 1. The van der Waals surface area contributed by atoms with E-state index < -0.39 is 38.5 Å². The fourth-order valence-corrected chi connectivity index (χ4v) is 17.2. The quantitative estimate of drug-likeness (QED) is 0.194. The summed E-state index contributed by atoms with van der Waals surface area (Å²) in [5, 5.41) is 13.4. The predicted octanol–water partition coefficient (Wildman–Crippen LogP) is 9.09. The summed E-state index contributed by atoms with van der Waals surface area (Å²) in [6, 6.07) is 5.43. The molecule has 5 saturated carbocycles. The minimum atomic E-state index is -2.97. The minimum absolute atomic E-state index is 0.00832. The SMILES string of the molecule is CC(C)C1=C2[C@H]3CC[C@@H]4[C@@]5(C)CC[C@H](OC(=O)[C@H]6C[C@@H](C(=O)O)C6(C)C)C(C)(C)[C@@H]5CC[C@@]4(C)[C@]3(C)CC[C@@]2(CC(=O)NCc2ccc(Cl)cc2OCCN2CCS(=O)(=O)CC2)CC1=O.